The normalized spacial score (nSPS) is 13.2. The summed E-state index contributed by atoms with van der Waals surface area (Å²) < 4.78 is 10.4. The standard InChI is InChI=1S/C21H32N2O5/c1-6-15(2)18(23-20(26)28-21(3,4)5)19(25)22-13-12-17(24)27-14-16-10-8-7-9-11-16/h7-11,15,18H,6,12-14H2,1-5H3,(H,22,25)(H,23,26)/t15-,18-/m0/s1. The van der Waals surface area contributed by atoms with Gasteiger partial charge in [0.25, 0.3) is 0 Å². The van der Waals surface area contributed by atoms with Crippen molar-refractivity contribution < 1.29 is 23.9 Å². The van der Waals surface area contributed by atoms with Gasteiger partial charge >= 0.3 is 12.1 Å². The van der Waals surface area contributed by atoms with Crippen LogP contribution >= 0.6 is 0 Å². The van der Waals surface area contributed by atoms with Gasteiger partial charge in [0.15, 0.2) is 0 Å². The third-order valence-corrected chi connectivity index (χ3v) is 4.04. The van der Waals surface area contributed by atoms with Crippen LogP contribution in [0.3, 0.4) is 0 Å². The Hall–Kier alpha value is -2.57. The van der Waals surface area contributed by atoms with Gasteiger partial charge in [-0.25, -0.2) is 4.79 Å². The molecule has 1 aromatic rings. The molecule has 0 radical (unpaired) electrons. The predicted octanol–water partition coefficient (Wildman–Crippen LogP) is 3.18. The van der Waals surface area contributed by atoms with E-state index in [-0.39, 0.29) is 31.4 Å². The lowest BCUT2D eigenvalue weighted by molar-refractivity contribution is -0.144. The van der Waals surface area contributed by atoms with Crippen LogP contribution in [0.4, 0.5) is 4.79 Å². The second-order valence-corrected chi connectivity index (χ2v) is 7.70. The fraction of sp³-hybridized carbons (Fsp3) is 0.571. The average molecular weight is 392 g/mol. The third kappa shape index (κ3) is 9.39. The van der Waals surface area contributed by atoms with E-state index in [9.17, 15) is 14.4 Å². The van der Waals surface area contributed by atoms with E-state index in [2.05, 4.69) is 10.6 Å². The van der Waals surface area contributed by atoms with Crippen LogP contribution in [0.15, 0.2) is 30.3 Å². The summed E-state index contributed by atoms with van der Waals surface area (Å²) in [6.45, 7) is 9.40. The van der Waals surface area contributed by atoms with Gasteiger partial charge in [0, 0.05) is 6.54 Å². The Balaban J connectivity index is 2.45. The highest BCUT2D eigenvalue weighted by Crippen LogP contribution is 2.11. The van der Waals surface area contributed by atoms with Gasteiger partial charge in [-0.15, -0.1) is 0 Å². The minimum absolute atomic E-state index is 0.0538. The number of carbonyl (C=O) groups excluding carboxylic acids is 3. The summed E-state index contributed by atoms with van der Waals surface area (Å²) in [6.07, 6.45) is 0.112. The molecule has 0 aliphatic heterocycles. The van der Waals surface area contributed by atoms with Gasteiger partial charge < -0.3 is 20.1 Å². The molecule has 0 aliphatic rings. The molecule has 7 heteroatoms. The van der Waals surface area contributed by atoms with Crippen LogP contribution in [0.25, 0.3) is 0 Å². The van der Waals surface area contributed by atoms with Crippen molar-refractivity contribution in [3.63, 3.8) is 0 Å². The molecule has 2 atom stereocenters. The molecule has 1 rings (SSSR count). The number of hydrogen-bond donors (Lipinski definition) is 2. The highest BCUT2D eigenvalue weighted by molar-refractivity contribution is 5.86. The Kier molecular flexibility index (Phi) is 9.48. The lowest BCUT2D eigenvalue weighted by Gasteiger charge is -2.26. The largest absolute Gasteiger partial charge is 0.461 e. The molecule has 1 aromatic carbocycles. The van der Waals surface area contributed by atoms with E-state index in [0.29, 0.717) is 6.42 Å². The number of esters is 1. The number of carbonyl (C=O) groups is 3. The van der Waals surface area contributed by atoms with Crippen molar-refractivity contribution in [2.45, 2.75) is 65.7 Å². The summed E-state index contributed by atoms with van der Waals surface area (Å²) in [6, 6.07) is 8.63. The molecule has 0 fully saturated rings. The fourth-order valence-electron chi connectivity index (χ4n) is 2.34. The number of rotatable bonds is 9. The number of benzene rings is 1. The summed E-state index contributed by atoms with van der Waals surface area (Å²) in [7, 11) is 0. The Morgan fingerprint density at radius 3 is 2.32 bits per heavy atom. The molecule has 0 saturated heterocycles. The first-order valence-corrected chi connectivity index (χ1v) is 9.59. The van der Waals surface area contributed by atoms with Crippen LogP contribution in [0.2, 0.25) is 0 Å². The topological polar surface area (TPSA) is 93.7 Å². The van der Waals surface area contributed by atoms with Crippen LogP contribution in [-0.4, -0.2) is 36.2 Å². The number of alkyl carbamates (subject to hydrolysis) is 1. The molecule has 0 unspecified atom stereocenters. The lowest BCUT2D eigenvalue weighted by Crippen LogP contribution is -2.51. The maximum atomic E-state index is 12.5. The van der Waals surface area contributed by atoms with Crippen LogP contribution in [-0.2, 0) is 25.7 Å². The van der Waals surface area contributed by atoms with Crippen LogP contribution < -0.4 is 10.6 Å². The third-order valence-electron chi connectivity index (χ3n) is 4.04. The number of hydrogen-bond acceptors (Lipinski definition) is 5. The zero-order valence-electron chi connectivity index (χ0n) is 17.4. The highest BCUT2D eigenvalue weighted by Gasteiger charge is 2.28. The van der Waals surface area contributed by atoms with Crippen molar-refractivity contribution in [1.29, 1.82) is 0 Å². The van der Waals surface area contributed by atoms with Crippen LogP contribution in [0, 0.1) is 5.92 Å². The van der Waals surface area contributed by atoms with Gasteiger partial charge in [0.1, 0.15) is 18.2 Å². The van der Waals surface area contributed by atoms with Gasteiger partial charge in [-0.1, -0.05) is 50.6 Å². The first-order valence-electron chi connectivity index (χ1n) is 9.59. The summed E-state index contributed by atoms with van der Waals surface area (Å²) in [5.41, 5.74) is 0.251. The van der Waals surface area contributed by atoms with Gasteiger partial charge in [0.05, 0.1) is 6.42 Å². The lowest BCUT2D eigenvalue weighted by atomic mass is 9.98. The Bertz CT molecular complexity index is 640. The SMILES string of the molecule is CC[C@H](C)[C@H](NC(=O)OC(C)(C)C)C(=O)NCCC(=O)OCc1ccccc1. The molecule has 0 aliphatic carbocycles. The summed E-state index contributed by atoms with van der Waals surface area (Å²) in [5, 5.41) is 5.30. The molecule has 7 nitrogen and oxygen atoms in total. The van der Waals surface area contributed by atoms with Gasteiger partial charge in [-0.2, -0.15) is 0 Å². The maximum Gasteiger partial charge on any atom is 0.408 e. The van der Waals surface area contributed by atoms with E-state index in [4.69, 9.17) is 9.47 Å². The molecule has 0 spiro atoms. The first kappa shape index (κ1) is 23.5. The summed E-state index contributed by atoms with van der Waals surface area (Å²) >= 11 is 0. The minimum atomic E-state index is -0.736. The maximum absolute atomic E-state index is 12.5. The molecule has 2 N–H and O–H groups in total. The Labute approximate surface area is 167 Å². The molecule has 0 bridgehead atoms. The van der Waals surface area contributed by atoms with E-state index in [1.165, 1.54) is 0 Å². The van der Waals surface area contributed by atoms with E-state index in [1.807, 2.05) is 44.2 Å². The second kappa shape index (κ2) is 11.3. The second-order valence-electron chi connectivity index (χ2n) is 7.70. The molecular weight excluding hydrogens is 360 g/mol. The summed E-state index contributed by atoms with van der Waals surface area (Å²) in [5.74, 6) is -0.835. The summed E-state index contributed by atoms with van der Waals surface area (Å²) in [4.78, 5) is 36.3. The quantitative estimate of drug-likeness (QED) is 0.630. The monoisotopic (exact) mass is 392 g/mol. The first-order chi connectivity index (χ1) is 13.1. The van der Waals surface area contributed by atoms with Crippen molar-refractivity contribution >= 4 is 18.0 Å². The van der Waals surface area contributed by atoms with E-state index in [0.717, 1.165) is 5.56 Å². The van der Waals surface area contributed by atoms with Crippen molar-refractivity contribution in [2.75, 3.05) is 6.54 Å². The molecule has 2 amide bonds. The predicted molar refractivity (Wildman–Crippen MR) is 106 cm³/mol. The van der Waals surface area contributed by atoms with Gasteiger partial charge in [-0.05, 0) is 32.3 Å². The number of amides is 2. The van der Waals surface area contributed by atoms with Crippen molar-refractivity contribution in [1.82, 2.24) is 10.6 Å². The van der Waals surface area contributed by atoms with Crippen molar-refractivity contribution in [3.05, 3.63) is 35.9 Å². The zero-order valence-corrected chi connectivity index (χ0v) is 17.4. The zero-order chi connectivity index (χ0) is 21.2. The number of nitrogens with one attached hydrogen (secondary N) is 2. The molecular formula is C21H32N2O5. The Morgan fingerprint density at radius 2 is 1.75 bits per heavy atom. The van der Waals surface area contributed by atoms with Gasteiger partial charge in [0.2, 0.25) is 5.91 Å². The van der Waals surface area contributed by atoms with E-state index < -0.39 is 23.7 Å². The molecule has 0 heterocycles. The number of ether oxygens (including phenoxy) is 2. The van der Waals surface area contributed by atoms with Crippen LogP contribution in [0.1, 0.15) is 53.0 Å². The molecule has 0 saturated carbocycles. The van der Waals surface area contributed by atoms with Crippen LogP contribution in [0.5, 0.6) is 0 Å². The molecule has 28 heavy (non-hydrogen) atoms. The van der Waals surface area contributed by atoms with Gasteiger partial charge in [-0.3, -0.25) is 9.59 Å². The van der Waals surface area contributed by atoms with Crippen molar-refractivity contribution in [3.8, 4) is 0 Å². The van der Waals surface area contributed by atoms with E-state index in [1.54, 1.807) is 20.8 Å². The fourth-order valence-corrected chi connectivity index (χ4v) is 2.34. The van der Waals surface area contributed by atoms with Crippen molar-refractivity contribution in [2.24, 2.45) is 5.92 Å². The Morgan fingerprint density at radius 1 is 1.11 bits per heavy atom. The molecule has 156 valence electrons. The van der Waals surface area contributed by atoms with E-state index >= 15 is 0 Å². The average Bonchev–Trinajstić information content (AvgIpc) is 2.63. The molecule has 0 aromatic heterocycles. The minimum Gasteiger partial charge on any atom is -0.461 e. The highest BCUT2D eigenvalue weighted by atomic mass is 16.6. The smallest absolute Gasteiger partial charge is 0.408 e.